The highest BCUT2D eigenvalue weighted by Crippen LogP contribution is 2.34. The minimum atomic E-state index is 0.346. The number of rotatable bonds is 4. The highest BCUT2D eigenvalue weighted by molar-refractivity contribution is 5.45. The zero-order valence-electron chi connectivity index (χ0n) is 12.5. The van der Waals surface area contributed by atoms with Gasteiger partial charge in [-0.05, 0) is 50.3 Å². The van der Waals surface area contributed by atoms with Crippen LogP contribution in [-0.4, -0.2) is 12.8 Å². The Balaban J connectivity index is 1.62. The molecule has 20 heavy (non-hydrogen) atoms. The molecule has 2 aliphatic rings. The van der Waals surface area contributed by atoms with Crippen LogP contribution < -0.4 is 14.8 Å². The molecular weight excluding hydrogens is 250 g/mol. The van der Waals surface area contributed by atoms with E-state index in [9.17, 15) is 0 Å². The second-order valence-electron chi connectivity index (χ2n) is 6.19. The summed E-state index contributed by atoms with van der Waals surface area (Å²) in [5.41, 5.74) is 1.27. The van der Waals surface area contributed by atoms with E-state index in [4.69, 9.17) is 9.47 Å². The van der Waals surface area contributed by atoms with Crippen LogP contribution in [-0.2, 0) is 0 Å². The van der Waals surface area contributed by atoms with Crippen LogP contribution in [0.5, 0.6) is 11.5 Å². The van der Waals surface area contributed by atoms with E-state index in [1.165, 1.54) is 37.7 Å². The van der Waals surface area contributed by atoms with Crippen LogP contribution in [0.15, 0.2) is 18.2 Å². The third kappa shape index (κ3) is 2.93. The number of ether oxygens (including phenoxy) is 2. The average molecular weight is 275 g/mol. The minimum absolute atomic E-state index is 0.346. The van der Waals surface area contributed by atoms with Gasteiger partial charge in [-0.15, -0.1) is 0 Å². The first kappa shape index (κ1) is 13.7. The number of benzene rings is 1. The minimum Gasteiger partial charge on any atom is -0.454 e. The lowest BCUT2D eigenvalue weighted by Gasteiger charge is -2.30. The van der Waals surface area contributed by atoms with Crippen molar-refractivity contribution in [1.29, 1.82) is 0 Å². The van der Waals surface area contributed by atoms with Gasteiger partial charge >= 0.3 is 0 Å². The molecule has 0 bridgehead atoms. The molecule has 3 nitrogen and oxygen atoms in total. The van der Waals surface area contributed by atoms with Crippen LogP contribution in [0, 0.1) is 5.92 Å². The Kier molecular flexibility index (Phi) is 4.16. The maximum atomic E-state index is 5.46. The van der Waals surface area contributed by atoms with Gasteiger partial charge in [-0.3, -0.25) is 0 Å². The van der Waals surface area contributed by atoms with Crippen LogP contribution in [0.2, 0.25) is 0 Å². The molecule has 1 N–H and O–H groups in total. The molecule has 0 saturated heterocycles. The molecule has 1 saturated carbocycles. The summed E-state index contributed by atoms with van der Waals surface area (Å²) in [6.07, 6.45) is 6.97. The molecule has 110 valence electrons. The molecule has 1 aromatic carbocycles. The monoisotopic (exact) mass is 275 g/mol. The van der Waals surface area contributed by atoms with E-state index in [0.29, 0.717) is 18.9 Å². The van der Waals surface area contributed by atoms with Crippen molar-refractivity contribution in [3.8, 4) is 11.5 Å². The summed E-state index contributed by atoms with van der Waals surface area (Å²) in [6, 6.07) is 7.19. The highest BCUT2D eigenvalue weighted by Gasteiger charge is 2.22. The van der Waals surface area contributed by atoms with E-state index in [-0.39, 0.29) is 0 Å². The Morgan fingerprint density at radius 3 is 2.60 bits per heavy atom. The van der Waals surface area contributed by atoms with Crippen molar-refractivity contribution in [3.63, 3.8) is 0 Å². The lowest BCUT2D eigenvalue weighted by Crippen LogP contribution is -2.36. The molecular formula is C17H25NO2. The molecule has 2 atom stereocenters. The fraction of sp³-hybridized carbons (Fsp3) is 0.647. The summed E-state index contributed by atoms with van der Waals surface area (Å²) in [5, 5.41) is 3.76. The van der Waals surface area contributed by atoms with Crippen LogP contribution in [0.1, 0.15) is 57.6 Å². The third-order valence-corrected chi connectivity index (χ3v) is 4.77. The van der Waals surface area contributed by atoms with Gasteiger partial charge in [0.25, 0.3) is 0 Å². The van der Waals surface area contributed by atoms with Gasteiger partial charge in [0.1, 0.15) is 0 Å². The van der Waals surface area contributed by atoms with Crippen molar-refractivity contribution in [2.45, 2.75) is 58.0 Å². The van der Waals surface area contributed by atoms with Crippen LogP contribution in [0.3, 0.4) is 0 Å². The lowest BCUT2D eigenvalue weighted by molar-refractivity contribution is 0.174. The molecule has 1 aliphatic carbocycles. The van der Waals surface area contributed by atoms with E-state index in [2.05, 4.69) is 31.3 Å². The Morgan fingerprint density at radius 2 is 1.80 bits per heavy atom. The molecule has 1 fully saturated rings. The number of hydrogen-bond donors (Lipinski definition) is 1. The molecule has 1 aromatic rings. The second kappa shape index (κ2) is 6.04. The normalized spacial score (nSPS) is 21.7. The van der Waals surface area contributed by atoms with Crippen molar-refractivity contribution >= 4 is 0 Å². The van der Waals surface area contributed by atoms with Crippen LogP contribution >= 0.6 is 0 Å². The van der Waals surface area contributed by atoms with Crippen molar-refractivity contribution in [1.82, 2.24) is 5.32 Å². The zero-order valence-corrected chi connectivity index (χ0v) is 12.5. The number of hydrogen-bond acceptors (Lipinski definition) is 3. The Bertz CT molecular complexity index is 454. The van der Waals surface area contributed by atoms with E-state index >= 15 is 0 Å². The van der Waals surface area contributed by atoms with Gasteiger partial charge in [-0.2, -0.15) is 0 Å². The van der Waals surface area contributed by atoms with Crippen LogP contribution in [0.25, 0.3) is 0 Å². The first-order valence-corrected chi connectivity index (χ1v) is 7.89. The Morgan fingerprint density at radius 1 is 1.05 bits per heavy atom. The lowest BCUT2D eigenvalue weighted by atomic mass is 9.84. The number of fused-ring (bicyclic) bond motifs is 1. The van der Waals surface area contributed by atoms with Gasteiger partial charge in [0.15, 0.2) is 11.5 Å². The zero-order chi connectivity index (χ0) is 13.9. The summed E-state index contributed by atoms with van der Waals surface area (Å²) >= 11 is 0. The summed E-state index contributed by atoms with van der Waals surface area (Å²) in [5.74, 6) is 2.57. The van der Waals surface area contributed by atoms with Crippen molar-refractivity contribution in [3.05, 3.63) is 23.8 Å². The molecule has 3 heteroatoms. The molecule has 1 heterocycles. The van der Waals surface area contributed by atoms with Gasteiger partial charge in [0.2, 0.25) is 6.79 Å². The van der Waals surface area contributed by atoms with Gasteiger partial charge in [0, 0.05) is 12.1 Å². The SMILES string of the molecule is CC(N[C@H](C)C1CCCCC1)c1ccc2c(c1)OCO2. The molecule has 0 radical (unpaired) electrons. The summed E-state index contributed by atoms with van der Waals surface area (Å²) in [7, 11) is 0. The van der Waals surface area contributed by atoms with Gasteiger partial charge in [-0.25, -0.2) is 0 Å². The van der Waals surface area contributed by atoms with Crippen molar-refractivity contribution < 1.29 is 9.47 Å². The molecule has 0 aromatic heterocycles. The summed E-state index contributed by atoms with van der Waals surface area (Å²) in [6.45, 7) is 4.91. The fourth-order valence-corrected chi connectivity index (χ4v) is 3.44. The quantitative estimate of drug-likeness (QED) is 0.899. The first-order chi connectivity index (χ1) is 9.74. The largest absolute Gasteiger partial charge is 0.454 e. The maximum absolute atomic E-state index is 5.46. The topological polar surface area (TPSA) is 30.5 Å². The first-order valence-electron chi connectivity index (χ1n) is 7.89. The van der Waals surface area contributed by atoms with Crippen molar-refractivity contribution in [2.24, 2.45) is 5.92 Å². The molecule has 3 rings (SSSR count). The highest BCUT2D eigenvalue weighted by atomic mass is 16.7. The Labute approximate surface area is 121 Å². The van der Waals surface area contributed by atoms with Crippen molar-refractivity contribution in [2.75, 3.05) is 6.79 Å². The summed E-state index contributed by atoms with van der Waals surface area (Å²) < 4.78 is 10.8. The van der Waals surface area contributed by atoms with E-state index < -0.39 is 0 Å². The van der Waals surface area contributed by atoms with Gasteiger partial charge < -0.3 is 14.8 Å². The predicted molar refractivity (Wildman–Crippen MR) is 80.2 cm³/mol. The van der Waals surface area contributed by atoms with Gasteiger partial charge in [0.05, 0.1) is 0 Å². The number of nitrogens with one attached hydrogen (secondary N) is 1. The standard InChI is InChI=1S/C17H25NO2/c1-12(14-6-4-3-5-7-14)18-13(2)15-8-9-16-17(10-15)20-11-19-16/h8-10,12-14,18H,3-7,11H2,1-2H3/t12-,13?/m1/s1. The maximum Gasteiger partial charge on any atom is 0.231 e. The second-order valence-corrected chi connectivity index (χ2v) is 6.19. The molecule has 0 spiro atoms. The molecule has 1 aliphatic heterocycles. The molecule has 1 unspecified atom stereocenters. The summed E-state index contributed by atoms with van der Waals surface area (Å²) in [4.78, 5) is 0. The average Bonchev–Trinajstić information content (AvgIpc) is 2.95. The van der Waals surface area contributed by atoms with E-state index in [1.54, 1.807) is 0 Å². The van der Waals surface area contributed by atoms with E-state index in [1.807, 2.05) is 6.07 Å². The smallest absolute Gasteiger partial charge is 0.231 e. The van der Waals surface area contributed by atoms with Gasteiger partial charge in [-0.1, -0.05) is 25.3 Å². The Hall–Kier alpha value is -1.22. The molecule has 0 amide bonds. The van der Waals surface area contributed by atoms with Crippen LogP contribution in [0.4, 0.5) is 0 Å². The fourth-order valence-electron chi connectivity index (χ4n) is 3.44. The van der Waals surface area contributed by atoms with E-state index in [0.717, 1.165) is 17.4 Å². The third-order valence-electron chi connectivity index (χ3n) is 4.77. The predicted octanol–water partition coefficient (Wildman–Crippen LogP) is 4.03.